The predicted molar refractivity (Wildman–Crippen MR) is 81.4 cm³/mol. The molecule has 1 aliphatic rings. The first kappa shape index (κ1) is 16.3. The average molecular weight is 274 g/mol. The van der Waals surface area contributed by atoms with Crippen LogP contribution in [0.5, 0.6) is 0 Å². The second-order valence-electron chi connectivity index (χ2n) is 5.26. The van der Waals surface area contributed by atoms with Crippen molar-refractivity contribution in [3.63, 3.8) is 0 Å². The third-order valence-corrected chi connectivity index (χ3v) is 5.15. The summed E-state index contributed by atoms with van der Waals surface area (Å²) < 4.78 is 0. The fourth-order valence-electron chi connectivity index (χ4n) is 2.65. The summed E-state index contributed by atoms with van der Waals surface area (Å²) in [7, 11) is 0. The molecule has 0 aromatic heterocycles. The Morgan fingerprint density at radius 3 is 2.33 bits per heavy atom. The molecule has 0 radical (unpaired) electrons. The van der Waals surface area contributed by atoms with Crippen molar-refractivity contribution in [3.8, 4) is 0 Å². The third kappa shape index (κ3) is 5.91. The van der Waals surface area contributed by atoms with Gasteiger partial charge in [0.1, 0.15) is 0 Å². The highest BCUT2D eigenvalue weighted by molar-refractivity contribution is 7.99. The molecule has 1 saturated carbocycles. The molecule has 18 heavy (non-hydrogen) atoms. The summed E-state index contributed by atoms with van der Waals surface area (Å²) in [5.74, 6) is 0. The van der Waals surface area contributed by atoms with Crippen LogP contribution in [0.1, 0.15) is 39.5 Å². The minimum atomic E-state index is -0.233. The van der Waals surface area contributed by atoms with Gasteiger partial charge in [0.15, 0.2) is 0 Å². The van der Waals surface area contributed by atoms with Crippen molar-refractivity contribution in [2.45, 2.75) is 56.9 Å². The Hall–Kier alpha value is 0.230. The number of rotatable bonds is 8. The summed E-state index contributed by atoms with van der Waals surface area (Å²) in [6, 6.07) is 0.625. The normalized spacial score (nSPS) is 26.5. The van der Waals surface area contributed by atoms with Crippen LogP contribution in [0.15, 0.2) is 0 Å². The van der Waals surface area contributed by atoms with Gasteiger partial charge in [0.2, 0.25) is 0 Å². The number of likely N-dealkylation sites (N-methyl/N-ethyl adjacent to an activating group) is 1. The van der Waals surface area contributed by atoms with Gasteiger partial charge in [0.25, 0.3) is 0 Å². The number of aliphatic hydroxyl groups excluding tert-OH is 1. The molecule has 1 rings (SSSR count). The van der Waals surface area contributed by atoms with Gasteiger partial charge >= 0.3 is 0 Å². The van der Waals surface area contributed by atoms with Gasteiger partial charge in [-0.05, 0) is 45.0 Å². The summed E-state index contributed by atoms with van der Waals surface area (Å²) >= 11 is 2.00. The van der Waals surface area contributed by atoms with Gasteiger partial charge in [-0.2, -0.15) is 11.8 Å². The van der Waals surface area contributed by atoms with Crippen molar-refractivity contribution in [3.05, 3.63) is 0 Å². The highest BCUT2D eigenvalue weighted by atomic mass is 32.2. The topological polar surface area (TPSA) is 35.5 Å². The van der Waals surface area contributed by atoms with Gasteiger partial charge < -0.3 is 15.3 Å². The van der Waals surface area contributed by atoms with E-state index in [1.807, 2.05) is 11.8 Å². The van der Waals surface area contributed by atoms with Crippen molar-refractivity contribution >= 4 is 11.8 Å². The number of thioether (sulfide) groups is 1. The lowest BCUT2D eigenvalue weighted by Gasteiger charge is -2.29. The van der Waals surface area contributed by atoms with Crippen molar-refractivity contribution < 1.29 is 5.11 Å². The largest absolute Gasteiger partial charge is 0.390 e. The van der Waals surface area contributed by atoms with E-state index in [1.54, 1.807) is 0 Å². The maximum absolute atomic E-state index is 10.0. The van der Waals surface area contributed by atoms with Gasteiger partial charge in [-0.3, -0.25) is 0 Å². The summed E-state index contributed by atoms with van der Waals surface area (Å²) in [6.45, 7) is 7.87. The molecule has 0 saturated heterocycles. The van der Waals surface area contributed by atoms with E-state index in [0.29, 0.717) is 6.04 Å². The van der Waals surface area contributed by atoms with Crippen LogP contribution in [0.4, 0.5) is 0 Å². The van der Waals surface area contributed by atoms with Gasteiger partial charge in [-0.1, -0.05) is 13.8 Å². The maximum atomic E-state index is 10.0. The SMILES string of the molecule is CCN(CC)CC(O)CNC1CCC(SC)CC1. The first-order valence-electron chi connectivity index (χ1n) is 7.36. The van der Waals surface area contributed by atoms with E-state index in [1.165, 1.54) is 25.7 Å². The molecule has 0 aromatic rings. The van der Waals surface area contributed by atoms with Gasteiger partial charge in [0.05, 0.1) is 6.10 Å². The number of aliphatic hydroxyl groups is 1. The molecule has 108 valence electrons. The fraction of sp³-hybridized carbons (Fsp3) is 1.00. The Morgan fingerprint density at radius 2 is 1.83 bits per heavy atom. The lowest BCUT2D eigenvalue weighted by atomic mass is 9.95. The van der Waals surface area contributed by atoms with E-state index in [4.69, 9.17) is 0 Å². The molecule has 0 spiro atoms. The molecule has 0 amide bonds. The molecule has 0 heterocycles. The number of nitrogens with zero attached hydrogens (tertiary/aromatic N) is 1. The Kier molecular flexibility index (Phi) is 8.31. The van der Waals surface area contributed by atoms with Crippen molar-refractivity contribution in [2.75, 3.05) is 32.4 Å². The summed E-state index contributed by atoms with van der Waals surface area (Å²) in [6.07, 6.45) is 7.16. The monoisotopic (exact) mass is 274 g/mol. The van der Waals surface area contributed by atoms with Crippen LogP contribution >= 0.6 is 11.8 Å². The van der Waals surface area contributed by atoms with Crippen LogP contribution in [-0.2, 0) is 0 Å². The molecule has 3 nitrogen and oxygen atoms in total. The molecular weight excluding hydrogens is 244 g/mol. The lowest BCUT2D eigenvalue weighted by Crippen LogP contribution is -2.42. The average Bonchev–Trinajstić information content (AvgIpc) is 2.43. The Balaban J connectivity index is 2.13. The van der Waals surface area contributed by atoms with E-state index in [0.717, 1.165) is 31.4 Å². The van der Waals surface area contributed by atoms with Crippen molar-refractivity contribution in [1.29, 1.82) is 0 Å². The molecular formula is C14H30N2OS. The Bertz CT molecular complexity index is 204. The van der Waals surface area contributed by atoms with Crippen LogP contribution in [0.2, 0.25) is 0 Å². The first-order valence-corrected chi connectivity index (χ1v) is 8.64. The van der Waals surface area contributed by atoms with Crippen LogP contribution in [-0.4, -0.2) is 59.8 Å². The minimum Gasteiger partial charge on any atom is -0.390 e. The number of hydrogen-bond donors (Lipinski definition) is 2. The Labute approximate surface area is 117 Å². The van der Waals surface area contributed by atoms with Crippen LogP contribution in [0, 0.1) is 0 Å². The highest BCUT2D eigenvalue weighted by Crippen LogP contribution is 2.26. The van der Waals surface area contributed by atoms with Crippen molar-refractivity contribution in [2.24, 2.45) is 0 Å². The summed E-state index contributed by atoms with van der Waals surface area (Å²) in [4.78, 5) is 2.27. The third-order valence-electron chi connectivity index (χ3n) is 4.01. The Morgan fingerprint density at radius 1 is 1.22 bits per heavy atom. The van der Waals surface area contributed by atoms with E-state index in [2.05, 4.69) is 30.3 Å². The zero-order valence-corrected chi connectivity index (χ0v) is 13.0. The molecule has 1 aliphatic carbocycles. The standard InChI is InChI=1S/C14H30N2OS/c1-4-16(5-2)11-13(17)10-15-12-6-8-14(18-3)9-7-12/h12-15,17H,4-11H2,1-3H3. The number of hydrogen-bond acceptors (Lipinski definition) is 4. The lowest BCUT2D eigenvalue weighted by molar-refractivity contribution is 0.112. The molecule has 0 aliphatic heterocycles. The highest BCUT2D eigenvalue weighted by Gasteiger charge is 2.20. The van der Waals surface area contributed by atoms with Gasteiger partial charge in [0, 0.05) is 24.4 Å². The van der Waals surface area contributed by atoms with E-state index >= 15 is 0 Å². The summed E-state index contributed by atoms with van der Waals surface area (Å²) in [5, 5.41) is 14.4. The smallest absolute Gasteiger partial charge is 0.0791 e. The molecule has 1 atom stereocenters. The summed E-state index contributed by atoms with van der Waals surface area (Å²) in [5.41, 5.74) is 0. The van der Waals surface area contributed by atoms with Crippen molar-refractivity contribution in [1.82, 2.24) is 10.2 Å². The fourth-order valence-corrected chi connectivity index (χ4v) is 3.39. The van der Waals surface area contributed by atoms with E-state index < -0.39 is 0 Å². The van der Waals surface area contributed by atoms with Gasteiger partial charge in [-0.25, -0.2) is 0 Å². The number of nitrogens with one attached hydrogen (secondary N) is 1. The molecule has 0 aromatic carbocycles. The quantitative estimate of drug-likeness (QED) is 0.709. The molecule has 4 heteroatoms. The van der Waals surface area contributed by atoms with Gasteiger partial charge in [-0.15, -0.1) is 0 Å². The molecule has 0 bridgehead atoms. The minimum absolute atomic E-state index is 0.233. The second kappa shape index (κ2) is 9.18. The molecule has 1 unspecified atom stereocenters. The molecule has 2 N–H and O–H groups in total. The van der Waals surface area contributed by atoms with Crippen LogP contribution < -0.4 is 5.32 Å². The van der Waals surface area contributed by atoms with Crippen LogP contribution in [0.3, 0.4) is 0 Å². The van der Waals surface area contributed by atoms with E-state index in [-0.39, 0.29) is 6.10 Å². The predicted octanol–water partition coefficient (Wildman–Crippen LogP) is 1.95. The first-order chi connectivity index (χ1) is 8.69. The zero-order valence-electron chi connectivity index (χ0n) is 12.2. The van der Waals surface area contributed by atoms with Crippen LogP contribution in [0.25, 0.3) is 0 Å². The molecule has 1 fully saturated rings. The zero-order chi connectivity index (χ0) is 13.4. The van der Waals surface area contributed by atoms with E-state index in [9.17, 15) is 5.11 Å². The second-order valence-corrected chi connectivity index (χ2v) is 6.40. The maximum Gasteiger partial charge on any atom is 0.0791 e.